The van der Waals surface area contributed by atoms with Crippen LogP contribution in [0.25, 0.3) is 0 Å². The fourth-order valence-corrected chi connectivity index (χ4v) is 2.10. The lowest BCUT2D eigenvalue weighted by atomic mass is 10.2. The van der Waals surface area contributed by atoms with E-state index in [2.05, 4.69) is 11.6 Å². The van der Waals surface area contributed by atoms with Gasteiger partial charge < -0.3 is 9.47 Å². The molecule has 0 bridgehead atoms. The molecule has 110 valence electrons. The molecule has 1 aliphatic rings. The molecule has 0 unspecified atom stereocenters. The highest BCUT2D eigenvalue weighted by Crippen LogP contribution is 2.36. The van der Waals surface area contributed by atoms with Gasteiger partial charge in [0.1, 0.15) is 23.8 Å². The molecule has 0 saturated heterocycles. The largest absolute Gasteiger partial charge is 0.486 e. The number of para-hydroxylation sites is 2. The van der Waals surface area contributed by atoms with E-state index in [4.69, 9.17) is 9.47 Å². The molecule has 2 aromatic carbocycles. The number of hydrogen-bond acceptors (Lipinski definition) is 4. The van der Waals surface area contributed by atoms with Gasteiger partial charge in [-0.1, -0.05) is 18.2 Å². The number of hydrogen-bond donors (Lipinski definition) is 0. The molecule has 0 atom stereocenters. The number of carbonyl (C=O) groups is 1. The number of rotatable bonds is 5. The summed E-state index contributed by atoms with van der Waals surface area (Å²) < 4.78 is 11.4. The number of aliphatic imine (C=N–C) groups is 1. The SMILES string of the molecule is C=CCC(=O)COc1ccc2c(c1)C=Nc1ccccc1O2. The molecule has 0 amide bonds. The zero-order valence-corrected chi connectivity index (χ0v) is 12.0. The van der Waals surface area contributed by atoms with E-state index in [1.165, 1.54) is 0 Å². The summed E-state index contributed by atoms with van der Waals surface area (Å²) in [6, 6.07) is 13.0. The van der Waals surface area contributed by atoms with E-state index in [1.54, 1.807) is 18.4 Å². The molecule has 1 heterocycles. The molecule has 1 aliphatic heterocycles. The summed E-state index contributed by atoms with van der Waals surface area (Å²) >= 11 is 0. The molecular weight excluding hydrogens is 278 g/mol. The quantitative estimate of drug-likeness (QED) is 0.666. The van der Waals surface area contributed by atoms with Crippen molar-refractivity contribution in [3.8, 4) is 17.2 Å². The highest BCUT2D eigenvalue weighted by molar-refractivity contribution is 5.88. The van der Waals surface area contributed by atoms with E-state index in [0.717, 1.165) is 11.3 Å². The summed E-state index contributed by atoms with van der Waals surface area (Å²) in [6.07, 6.45) is 3.62. The topological polar surface area (TPSA) is 47.9 Å². The van der Waals surface area contributed by atoms with Crippen molar-refractivity contribution in [1.82, 2.24) is 0 Å². The summed E-state index contributed by atoms with van der Waals surface area (Å²) in [5.41, 5.74) is 1.59. The van der Waals surface area contributed by atoms with Crippen LogP contribution in [-0.2, 0) is 4.79 Å². The second kappa shape index (κ2) is 6.26. The van der Waals surface area contributed by atoms with Crippen LogP contribution < -0.4 is 9.47 Å². The van der Waals surface area contributed by atoms with Crippen LogP contribution in [0, 0.1) is 0 Å². The Morgan fingerprint density at radius 2 is 2.09 bits per heavy atom. The summed E-state index contributed by atoms with van der Waals surface area (Å²) in [6.45, 7) is 3.56. The molecule has 3 rings (SSSR count). The molecule has 4 nitrogen and oxygen atoms in total. The Morgan fingerprint density at radius 1 is 1.23 bits per heavy atom. The first-order valence-electron chi connectivity index (χ1n) is 6.96. The molecule has 0 aromatic heterocycles. The minimum atomic E-state index is -0.0118. The van der Waals surface area contributed by atoms with Crippen molar-refractivity contribution in [2.45, 2.75) is 6.42 Å². The fraction of sp³-hybridized carbons (Fsp3) is 0.111. The van der Waals surface area contributed by atoms with E-state index in [0.29, 0.717) is 23.7 Å². The van der Waals surface area contributed by atoms with Gasteiger partial charge in [-0.25, -0.2) is 0 Å². The van der Waals surface area contributed by atoms with Gasteiger partial charge in [-0.2, -0.15) is 0 Å². The first kappa shape index (κ1) is 14.1. The minimum absolute atomic E-state index is 0.0118. The summed E-state index contributed by atoms with van der Waals surface area (Å²) in [5, 5.41) is 0. The number of nitrogens with zero attached hydrogens (tertiary/aromatic N) is 1. The molecule has 2 aromatic rings. The number of ketones is 1. The summed E-state index contributed by atoms with van der Waals surface area (Å²) in [5.74, 6) is 2.02. The third-order valence-corrected chi connectivity index (χ3v) is 3.18. The normalized spacial score (nSPS) is 11.6. The molecular formula is C18H15NO3. The third kappa shape index (κ3) is 3.06. The molecule has 22 heavy (non-hydrogen) atoms. The van der Waals surface area contributed by atoms with Crippen LogP contribution in [0.3, 0.4) is 0 Å². The Morgan fingerprint density at radius 3 is 2.95 bits per heavy atom. The Kier molecular flexibility index (Phi) is 4.01. The Balaban J connectivity index is 1.80. The predicted molar refractivity (Wildman–Crippen MR) is 85.5 cm³/mol. The van der Waals surface area contributed by atoms with E-state index in [9.17, 15) is 4.79 Å². The van der Waals surface area contributed by atoms with Crippen LogP contribution in [0.4, 0.5) is 5.69 Å². The van der Waals surface area contributed by atoms with Crippen LogP contribution in [0.2, 0.25) is 0 Å². The van der Waals surface area contributed by atoms with Gasteiger partial charge in [0.2, 0.25) is 0 Å². The molecule has 0 N–H and O–H groups in total. The molecule has 0 fully saturated rings. The van der Waals surface area contributed by atoms with Gasteiger partial charge in [-0.3, -0.25) is 9.79 Å². The predicted octanol–water partition coefficient (Wildman–Crippen LogP) is 4.07. The summed E-state index contributed by atoms with van der Waals surface area (Å²) in [7, 11) is 0. The lowest BCUT2D eigenvalue weighted by molar-refractivity contribution is -0.120. The first-order valence-corrected chi connectivity index (χ1v) is 6.96. The van der Waals surface area contributed by atoms with E-state index < -0.39 is 0 Å². The molecule has 4 heteroatoms. The van der Waals surface area contributed by atoms with E-state index in [1.807, 2.05) is 36.4 Å². The van der Waals surface area contributed by atoms with Crippen molar-refractivity contribution >= 4 is 17.7 Å². The number of allylic oxidation sites excluding steroid dienone is 1. The molecule has 0 saturated carbocycles. The second-order valence-corrected chi connectivity index (χ2v) is 4.85. The average Bonchev–Trinajstić information content (AvgIpc) is 2.72. The molecule has 0 radical (unpaired) electrons. The van der Waals surface area contributed by atoms with Gasteiger partial charge in [0.05, 0.1) is 0 Å². The Bertz CT molecular complexity index is 750. The molecule has 0 aliphatic carbocycles. The lowest BCUT2D eigenvalue weighted by Gasteiger charge is -2.10. The Hall–Kier alpha value is -2.88. The maximum Gasteiger partial charge on any atom is 0.173 e. The van der Waals surface area contributed by atoms with Crippen LogP contribution in [-0.4, -0.2) is 18.6 Å². The van der Waals surface area contributed by atoms with E-state index in [-0.39, 0.29) is 12.4 Å². The van der Waals surface area contributed by atoms with Crippen molar-refractivity contribution < 1.29 is 14.3 Å². The number of ether oxygens (including phenoxy) is 2. The third-order valence-electron chi connectivity index (χ3n) is 3.18. The maximum absolute atomic E-state index is 11.5. The monoisotopic (exact) mass is 293 g/mol. The van der Waals surface area contributed by atoms with Crippen LogP contribution in [0.15, 0.2) is 60.1 Å². The van der Waals surface area contributed by atoms with Crippen LogP contribution in [0.5, 0.6) is 17.2 Å². The standard InChI is InChI=1S/C18H15NO3/c1-2-5-14(20)12-21-15-8-9-17-13(10-15)11-19-16-6-3-4-7-18(16)22-17/h2-4,6-11H,1,5,12H2. The average molecular weight is 293 g/mol. The smallest absolute Gasteiger partial charge is 0.173 e. The van der Waals surface area contributed by atoms with Gasteiger partial charge in [0.15, 0.2) is 11.5 Å². The summed E-state index contributed by atoms with van der Waals surface area (Å²) in [4.78, 5) is 15.9. The lowest BCUT2D eigenvalue weighted by Crippen LogP contribution is -2.10. The van der Waals surface area contributed by atoms with Crippen molar-refractivity contribution in [1.29, 1.82) is 0 Å². The van der Waals surface area contributed by atoms with Crippen molar-refractivity contribution in [3.05, 3.63) is 60.7 Å². The second-order valence-electron chi connectivity index (χ2n) is 4.85. The highest BCUT2D eigenvalue weighted by Gasteiger charge is 2.12. The van der Waals surface area contributed by atoms with Gasteiger partial charge in [-0.15, -0.1) is 6.58 Å². The number of carbonyl (C=O) groups excluding carboxylic acids is 1. The van der Waals surface area contributed by atoms with E-state index >= 15 is 0 Å². The fourth-order valence-electron chi connectivity index (χ4n) is 2.10. The zero-order chi connectivity index (χ0) is 15.4. The van der Waals surface area contributed by atoms with Crippen molar-refractivity contribution in [3.63, 3.8) is 0 Å². The van der Waals surface area contributed by atoms with Crippen molar-refractivity contribution in [2.24, 2.45) is 4.99 Å². The van der Waals surface area contributed by atoms with Crippen LogP contribution >= 0.6 is 0 Å². The minimum Gasteiger partial charge on any atom is -0.486 e. The van der Waals surface area contributed by atoms with Gasteiger partial charge in [0, 0.05) is 18.2 Å². The van der Waals surface area contributed by atoms with Gasteiger partial charge in [-0.05, 0) is 30.3 Å². The zero-order valence-electron chi connectivity index (χ0n) is 12.0. The molecule has 0 spiro atoms. The number of fused-ring (bicyclic) bond motifs is 2. The van der Waals surface area contributed by atoms with Gasteiger partial charge in [0.25, 0.3) is 0 Å². The highest BCUT2D eigenvalue weighted by atomic mass is 16.5. The van der Waals surface area contributed by atoms with Gasteiger partial charge >= 0.3 is 0 Å². The van der Waals surface area contributed by atoms with Crippen LogP contribution in [0.1, 0.15) is 12.0 Å². The number of benzene rings is 2. The Labute approximate surface area is 128 Å². The first-order chi connectivity index (χ1) is 10.8. The maximum atomic E-state index is 11.5. The number of Topliss-reactive ketones (excluding diaryl/α,β-unsaturated/α-hetero) is 1. The van der Waals surface area contributed by atoms with Crippen molar-refractivity contribution in [2.75, 3.05) is 6.61 Å².